The van der Waals surface area contributed by atoms with Gasteiger partial charge in [0.25, 0.3) is 0 Å². The van der Waals surface area contributed by atoms with E-state index >= 15 is 0 Å². The molecule has 0 saturated heterocycles. The fourth-order valence-electron chi connectivity index (χ4n) is 5.90. The minimum Gasteiger partial charge on any atom is -0.344 e. The van der Waals surface area contributed by atoms with Gasteiger partial charge in [-0.25, -0.2) is 0 Å². The number of benzene rings is 4. The summed E-state index contributed by atoms with van der Waals surface area (Å²) in [5.74, 6) is 0. The summed E-state index contributed by atoms with van der Waals surface area (Å²) in [6.07, 6.45) is 7.38. The monoisotopic (exact) mass is 505 g/mol. The molecule has 0 spiro atoms. The molecule has 7 rings (SSSR count). The zero-order valence-electron chi connectivity index (χ0n) is 21.3. The number of hydrogen-bond donors (Lipinski definition) is 0. The van der Waals surface area contributed by atoms with Crippen LogP contribution in [0.5, 0.6) is 0 Å². The first-order chi connectivity index (χ1) is 17.6. The van der Waals surface area contributed by atoms with Crippen molar-refractivity contribution in [3.05, 3.63) is 71.8 Å². The van der Waals surface area contributed by atoms with Gasteiger partial charge in [0.05, 0.1) is 0 Å². The topological polar surface area (TPSA) is 4.93 Å². The lowest BCUT2D eigenvalue weighted by Crippen LogP contribution is -1.86. The number of hydrogen-bond acceptors (Lipinski definition) is 2. The molecule has 180 valence electrons. The van der Waals surface area contributed by atoms with Gasteiger partial charge in [-0.05, 0) is 73.2 Å². The van der Waals surface area contributed by atoms with Crippen molar-refractivity contribution >= 4 is 84.8 Å². The molecule has 3 aromatic heterocycles. The molecule has 0 aliphatic carbocycles. The van der Waals surface area contributed by atoms with Crippen molar-refractivity contribution in [1.82, 2.24) is 4.57 Å². The van der Waals surface area contributed by atoms with Crippen LogP contribution in [0, 0.1) is 0 Å². The predicted molar refractivity (Wildman–Crippen MR) is 163 cm³/mol. The number of fused-ring (bicyclic) bond motifs is 9. The van der Waals surface area contributed by atoms with Crippen LogP contribution in [0.1, 0.15) is 50.7 Å². The van der Waals surface area contributed by atoms with E-state index in [0.717, 1.165) is 0 Å². The number of thiophene rings is 2. The van der Waals surface area contributed by atoms with E-state index < -0.39 is 0 Å². The van der Waals surface area contributed by atoms with Gasteiger partial charge >= 0.3 is 0 Å². The smallest absolute Gasteiger partial charge is 0.0495 e. The maximum atomic E-state index is 2.45. The van der Waals surface area contributed by atoms with Crippen molar-refractivity contribution in [3.63, 3.8) is 0 Å². The van der Waals surface area contributed by atoms with Crippen LogP contribution in [0.4, 0.5) is 0 Å². The van der Waals surface area contributed by atoms with E-state index in [2.05, 4.69) is 86.1 Å². The number of aromatic nitrogens is 1. The first kappa shape index (κ1) is 22.3. The summed E-state index contributed by atoms with van der Waals surface area (Å²) in [5, 5.41) is 8.33. The third kappa shape index (κ3) is 3.40. The summed E-state index contributed by atoms with van der Waals surface area (Å²) in [6, 6.07) is 24.0. The fraction of sp³-hybridized carbons (Fsp3) is 0.273. The summed E-state index contributed by atoms with van der Waals surface area (Å²) >= 11 is 3.90. The van der Waals surface area contributed by atoms with Crippen LogP contribution >= 0.6 is 22.7 Å². The van der Waals surface area contributed by atoms with Gasteiger partial charge in [0.15, 0.2) is 0 Å². The van der Waals surface area contributed by atoms with Crippen LogP contribution in [0.25, 0.3) is 62.2 Å². The van der Waals surface area contributed by atoms with E-state index in [9.17, 15) is 0 Å². The van der Waals surface area contributed by atoms with Gasteiger partial charge in [-0.15, -0.1) is 22.7 Å². The van der Waals surface area contributed by atoms with Crippen molar-refractivity contribution < 1.29 is 0 Å². The number of rotatable bonds is 6. The molecule has 4 aromatic carbocycles. The van der Waals surface area contributed by atoms with E-state index in [1.54, 1.807) is 0 Å². The van der Waals surface area contributed by atoms with Crippen molar-refractivity contribution in [1.29, 1.82) is 0 Å². The number of nitrogens with zero attached hydrogens (tertiary/aromatic N) is 1. The van der Waals surface area contributed by atoms with E-state index in [1.807, 2.05) is 22.7 Å². The summed E-state index contributed by atoms with van der Waals surface area (Å²) in [4.78, 5) is 0. The SMILES string of the molecule is CCCCc1ccc2c(c1)sc1cc3c4cc5sc6cc(CCCC)ccc6c5cc4n(C)c3cc12. The first-order valence-corrected chi connectivity index (χ1v) is 15.0. The molecule has 0 radical (unpaired) electrons. The summed E-state index contributed by atoms with van der Waals surface area (Å²) in [6.45, 7) is 4.54. The lowest BCUT2D eigenvalue weighted by molar-refractivity contribution is 0.796. The molecule has 7 aromatic rings. The van der Waals surface area contributed by atoms with E-state index in [4.69, 9.17) is 0 Å². The Morgan fingerprint density at radius 3 is 1.42 bits per heavy atom. The molecule has 0 aliphatic rings. The maximum Gasteiger partial charge on any atom is 0.0495 e. The first-order valence-electron chi connectivity index (χ1n) is 13.4. The summed E-state index contributed by atoms with van der Waals surface area (Å²) in [7, 11) is 2.23. The normalized spacial score (nSPS) is 12.4. The van der Waals surface area contributed by atoms with Crippen LogP contribution in [0.2, 0.25) is 0 Å². The van der Waals surface area contributed by atoms with Gasteiger partial charge < -0.3 is 4.57 Å². The van der Waals surface area contributed by atoms with Gasteiger partial charge in [0.1, 0.15) is 0 Å². The van der Waals surface area contributed by atoms with Gasteiger partial charge in [0.2, 0.25) is 0 Å². The molecular weight excluding hydrogens is 475 g/mol. The van der Waals surface area contributed by atoms with E-state index in [-0.39, 0.29) is 0 Å². The van der Waals surface area contributed by atoms with Gasteiger partial charge in [-0.3, -0.25) is 0 Å². The molecule has 0 fully saturated rings. The lowest BCUT2D eigenvalue weighted by Gasteiger charge is -2.01. The van der Waals surface area contributed by atoms with Crippen molar-refractivity contribution in [2.45, 2.75) is 52.4 Å². The Labute approximate surface area is 220 Å². The standard InChI is InChI=1S/C33H31NS2/c1-4-6-8-20-10-12-22-26-16-28-24(18-32(26)35-30(22)14-20)25-19-33-27(17-29(25)34(28)3)23-13-11-21(9-7-5-2)15-31(23)36-33/h10-19H,4-9H2,1-3H3. The van der Waals surface area contributed by atoms with Crippen LogP contribution in [0.3, 0.4) is 0 Å². The largest absolute Gasteiger partial charge is 0.344 e. The Balaban J connectivity index is 1.42. The molecule has 3 heterocycles. The summed E-state index contributed by atoms with van der Waals surface area (Å²) < 4.78 is 8.04. The maximum absolute atomic E-state index is 2.45. The molecule has 0 amide bonds. The Hall–Kier alpha value is -2.88. The van der Waals surface area contributed by atoms with Crippen molar-refractivity contribution in [2.24, 2.45) is 7.05 Å². The fourth-order valence-corrected chi connectivity index (χ4v) is 8.28. The highest BCUT2D eigenvalue weighted by Gasteiger charge is 2.16. The van der Waals surface area contributed by atoms with Crippen LogP contribution in [-0.4, -0.2) is 4.57 Å². The molecule has 1 nitrogen and oxygen atoms in total. The van der Waals surface area contributed by atoms with Crippen LogP contribution < -0.4 is 0 Å². The highest BCUT2D eigenvalue weighted by atomic mass is 32.1. The zero-order valence-corrected chi connectivity index (χ0v) is 22.9. The molecule has 0 bridgehead atoms. The van der Waals surface area contributed by atoms with Crippen LogP contribution in [0.15, 0.2) is 60.7 Å². The molecule has 0 saturated carbocycles. The highest BCUT2D eigenvalue weighted by molar-refractivity contribution is 7.26. The second-order valence-electron chi connectivity index (χ2n) is 10.4. The van der Waals surface area contributed by atoms with Gasteiger partial charge in [0, 0.05) is 69.2 Å². The lowest BCUT2D eigenvalue weighted by atomic mass is 10.0. The molecule has 0 unspecified atom stereocenters. The Bertz CT molecular complexity index is 1790. The van der Waals surface area contributed by atoms with Crippen molar-refractivity contribution in [2.75, 3.05) is 0 Å². The van der Waals surface area contributed by atoms with E-state index in [1.165, 1.54) is 112 Å². The Kier molecular flexibility index (Phi) is 5.34. The van der Waals surface area contributed by atoms with Gasteiger partial charge in [-0.2, -0.15) is 0 Å². The Morgan fingerprint density at radius 2 is 0.972 bits per heavy atom. The third-order valence-electron chi connectivity index (χ3n) is 7.96. The van der Waals surface area contributed by atoms with E-state index in [0.29, 0.717) is 0 Å². The molecule has 0 aliphatic heterocycles. The number of aryl methyl sites for hydroxylation is 3. The predicted octanol–water partition coefficient (Wildman–Crippen LogP) is 10.8. The molecular formula is C33H31NS2. The van der Waals surface area contributed by atoms with Crippen LogP contribution in [-0.2, 0) is 19.9 Å². The molecule has 36 heavy (non-hydrogen) atoms. The molecule has 0 atom stereocenters. The average Bonchev–Trinajstić information content (AvgIpc) is 3.52. The van der Waals surface area contributed by atoms with Crippen molar-refractivity contribution in [3.8, 4) is 0 Å². The summed E-state index contributed by atoms with van der Waals surface area (Å²) in [5.41, 5.74) is 5.60. The second kappa shape index (κ2) is 8.61. The van der Waals surface area contributed by atoms with Gasteiger partial charge in [-0.1, -0.05) is 51.0 Å². The minimum absolute atomic E-state index is 1.18. The Morgan fingerprint density at radius 1 is 0.528 bits per heavy atom. The quantitative estimate of drug-likeness (QED) is 0.212. The zero-order chi connectivity index (χ0) is 24.4. The third-order valence-corrected chi connectivity index (χ3v) is 10.2. The molecule has 0 N–H and O–H groups in total. The number of unbranched alkanes of at least 4 members (excludes halogenated alkanes) is 2. The average molecular weight is 506 g/mol. The molecule has 3 heteroatoms. The second-order valence-corrected chi connectivity index (χ2v) is 12.5. The minimum atomic E-state index is 1.18. The highest BCUT2D eigenvalue weighted by Crippen LogP contribution is 2.43.